The number of hydrazine groups is 1. The minimum Gasteiger partial charge on any atom is -0.493 e. The monoisotopic (exact) mass is 473 g/mol. The van der Waals surface area contributed by atoms with Crippen molar-refractivity contribution < 1.29 is 22.7 Å². The molecule has 0 saturated carbocycles. The Morgan fingerprint density at radius 2 is 1.55 bits per heavy atom. The third-order valence-electron chi connectivity index (χ3n) is 5.45. The zero-order chi connectivity index (χ0) is 24.1. The molecular weight excluding hydrogens is 442 g/mol. The summed E-state index contributed by atoms with van der Waals surface area (Å²) in [5, 5.41) is 0. The molecule has 0 aromatic heterocycles. The van der Waals surface area contributed by atoms with Gasteiger partial charge in [-0.15, -0.1) is 0 Å². The maximum Gasteiger partial charge on any atom is 0.269 e. The Morgan fingerprint density at radius 1 is 0.939 bits per heavy atom. The molecule has 0 bridgehead atoms. The molecule has 33 heavy (non-hydrogen) atoms. The highest BCUT2D eigenvalue weighted by atomic mass is 32.2. The first-order valence-electron chi connectivity index (χ1n) is 11.0. The van der Waals surface area contributed by atoms with Gasteiger partial charge in [0.2, 0.25) is 15.9 Å². The molecule has 0 radical (unpaired) electrons. The van der Waals surface area contributed by atoms with Crippen LogP contribution in [0.15, 0.2) is 53.4 Å². The van der Waals surface area contributed by atoms with Crippen LogP contribution in [0, 0.1) is 0 Å². The standard InChI is InChI=1S/C24H31N3O5S/c1-24(2,3)19-8-10-20(11-9-19)32-17-14-22(28)25-26-23(29)18-6-12-21(13-7-18)33(30,31)27-15-4-5-16-27/h6-13H,4-5,14-17H2,1-3H3,(H,25,28)(H,26,29). The molecule has 9 heteroatoms. The summed E-state index contributed by atoms with van der Waals surface area (Å²) in [5.41, 5.74) is 6.16. The van der Waals surface area contributed by atoms with Gasteiger partial charge < -0.3 is 4.74 Å². The highest BCUT2D eigenvalue weighted by Gasteiger charge is 2.27. The van der Waals surface area contributed by atoms with Crippen LogP contribution in [0.4, 0.5) is 0 Å². The Morgan fingerprint density at radius 3 is 2.12 bits per heavy atom. The predicted octanol–water partition coefficient (Wildman–Crippen LogP) is 3.00. The average molecular weight is 474 g/mol. The normalized spacial score (nSPS) is 14.6. The Balaban J connectivity index is 1.43. The van der Waals surface area contributed by atoms with E-state index in [0.29, 0.717) is 18.8 Å². The van der Waals surface area contributed by atoms with E-state index >= 15 is 0 Å². The van der Waals surface area contributed by atoms with Crippen LogP contribution in [0.2, 0.25) is 0 Å². The minimum absolute atomic E-state index is 0.0546. The highest BCUT2D eigenvalue weighted by molar-refractivity contribution is 7.89. The van der Waals surface area contributed by atoms with E-state index in [1.807, 2.05) is 24.3 Å². The molecule has 8 nitrogen and oxygen atoms in total. The zero-order valence-corrected chi connectivity index (χ0v) is 20.1. The lowest BCUT2D eigenvalue weighted by Crippen LogP contribution is -2.42. The number of benzene rings is 2. The maximum atomic E-state index is 12.6. The number of carbonyl (C=O) groups is 2. The van der Waals surface area contributed by atoms with Gasteiger partial charge in [-0.05, 0) is 60.2 Å². The number of carbonyl (C=O) groups excluding carboxylic acids is 2. The van der Waals surface area contributed by atoms with Gasteiger partial charge in [0.15, 0.2) is 0 Å². The molecule has 1 fully saturated rings. The number of hydrogen-bond donors (Lipinski definition) is 2. The second-order valence-electron chi connectivity index (χ2n) is 9.01. The number of hydrogen-bond acceptors (Lipinski definition) is 5. The van der Waals surface area contributed by atoms with Gasteiger partial charge in [-0.25, -0.2) is 8.42 Å². The van der Waals surface area contributed by atoms with Crippen molar-refractivity contribution in [2.24, 2.45) is 0 Å². The first-order valence-corrected chi connectivity index (χ1v) is 12.4. The van der Waals surface area contributed by atoms with Crippen molar-refractivity contribution in [2.75, 3.05) is 19.7 Å². The van der Waals surface area contributed by atoms with Crippen LogP contribution in [0.1, 0.15) is 56.0 Å². The molecule has 1 saturated heterocycles. The summed E-state index contributed by atoms with van der Waals surface area (Å²) < 4.78 is 32.1. The summed E-state index contributed by atoms with van der Waals surface area (Å²) in [6, 6.07) is 13.4. The van der Waals surface area contributed by atoms with Crippen LogP contribution >= 0.6 is 0 Å². The third kappa shape index (κ3) is 6.55. The summed E-state index contributed by atoms with van der Waals surface area (Å²) in [7, 11) is -3.53. The molecule has 2 aromatic carbocycles. The zero-order valence-electron chi connectivity index (χ0n) is 19.3. The average Bonchev–Trinajstić information content (AvgIpc) is 3.33. The molecule has 0 aliphatic carbocycles. The summed E-state index contributed by atoms with van der Waals surface area (Å²) in [6.07, 6.45) is 1.77. The Kier molecular flexibility index (Phi) is 7.76. The minimum atomic E-state index is -3.53. The smallest absolute Gasteiger partial charge is 0.269 e. The Labute approximate surface area is 195 Å². The number of sulfonamides is 1. The molecule has 3 rings (SSSR count). The van der Waals surface area contributed by atoms with Gasteiger partial charge in [0.05, 0.1) is 17.9 Å². The van der Waals surface area contributed by atoms with Gasteiger partial charge in [-0.2, -0.15) is 4.31 Å². The van der Waals surface area contributed by atoms with E-state index in [2.05, 4.69) is 31.6 Å². The highest BCUT2D eigenvalue weighted by Crippen LogP contribution is 2.24. The van der Waals surface area contributed by atoms with Crippen LogP contribution in [-0.2, 0) is 20.2 Å². The largest absolute Gasteiger partial charge is 0.493 e. The van der Waals surface area contributed by atoms with Gasteiger partial charge in [-0.3, -0.25) is 20.4 Å². The van der Waals surface area contributed by atoms with Crippen LogP contribution in [-0.4, -0.2) is 44.2 Å². The molecule has 2 aromatic rings. The quantitative estimate of drug-likeness (QED) is 0.602. The van der Waals surface area contributed by atoms with E-state index < -0.39 is 21.8 Å². The van der Waals surface area contributed by atoms with Crippen molar-refractivity contribution in [3.05, 3.63) is 59.7 Å². The summed E-state index contributed by atoms with van der Waals surface area (Å²) >= 11 is 0. The van der Waals surface area contributed by atoms with E-state index in [9.17, 15) is 18.0 Å². The van der Waals surface area contributed by atoms with E-state index in [1.54, 1.807) is 0 Å². The van der Waals surface area contributed by atoms with E-state index in [1.165, 1.54) is 34.1 Å². The van der Waals surface area contributed by atoms with Crippen LogP contribution < -0.4 is 15.6 Å². The fraction of sp³-hybridized carbons (Fsp3) is 0.417. The van der Waals surface area contributed by atoms with Crippen LogP contribution in [0.5, 0.6) is 5.75 Å². The number of nitrogens with zero attached hydrogens (tertiary/aromatic N) is 1. The number of nitrogens with one attached hydrogen (secondary N) is 2. The molecule has 0 atom stereocenters. The maximum absolute atomic E-state index is 12.6. The number of amides is 2. The van der Waals surface area contributed by atoms with Crippen molar-refractivity contribution in [1.29, 1.82) is 0 Å². The molecule has 2 N–H and O–H groups in total. The molecule has 0 unspecified atom stereocenters. The Bertz CT molecular complexity index is 1070. The molecule has 1 aliphatic heterocycles. The molecule has 1 aliphatic rings. The fourth-order valence-electron chi connectivity index (χ4n) is 3.43. The van der Waals surface area contributed by atoms with E-state index in [0.717, 1.165) is 12.8 Å². The van der Waals surface area contributed by atoms with Gasteiger partial charge in [-0.1, -0.05) is 32.9 Å². The van der Waals surface area contributed by atoms with Crippen molar-refractivity contribution in [3.8, 4) is 5.75 Å². The summed E-state index contributed by atoms with van der Waals surface area (Å²) in [4.78, 5) is 24.4. The number of rotatable bonds is 7. The summed E-state index contributed by atoms with van der Waals surface area (Å²) in [6.45, 7) is 7.59. The second kappa shape index (κ2) is 10.4. The first-order chi connectivity index (χ1) is 15.6. The predicted molar refractivity (Wildman–Crippen MR) is 125 cm³/mol. The fourth-order valence-corrected chi connectivity index (χ4v) is 4.95. The van der Waals surface area contributed by atoms with Gasteiger partial charge in [0, 0.05) is 18.7 Å². The topological polar surface area (TPSA) is 105 Å². The van der Waals surface area contributed by atoms with Crippen LogP contribution in [0.3, 0.4) is 0 Å². The third-order valence-corrected chi connectivity index (χ3v) is 7.37. The second-order valence-corrected chi connectivity index (χ2v) is 10.9. The van der Waals surface area contributed by atoms with E-state index in [-0.39, 0.29) is 28.9 Å². The number of ether oxygens (including phenoxy) is 1. The molecule has 1 heterocycles. The van der Waals surface area contributed by atoms with Crippen molar-refractivity contribution in [2.45, 2.75) is 50.3 Å². The lowest BCUT2D eigenvalue weighted by molar-refractivity contribution is -0.122. The van der Waals surface area contributed by atoms with Crippen LogP contribution in [0.25, 0.3) is 0 Å². The SMILES string of the molecule is CC(C)(C)c1ccc(OCCC(=O)NNC(=O)c2ccc(S(=O)(=O)N3CCCC3)cc2)cc1. The molecule has 178 valence electrons. The van der Waals surface area contributed by atoms with Gasteiger partial charge in [0.1, 0.15) is 5.75 Å². The molecule has 2 amide bonds. The van der Waals surface area contributed by atoms with Gasteiger partial charge in [0.25, 0.3) is 5.91 Å². The van der Waals surface area contributed by atoms with Crippen molar-refractivity contribution >= 4 is 21.8 Å². The Hall–Kier alpha value is -2.91. The molecular formula is C24H31N3O5S. The van der Waals surface area contributed by atoms with Crippen molar-refractivity contribution in [1.82, 2.24) is 15.2 Å². The first kappa shape index (κ1) is 24.7. The summed E-state index contributed by atoms with van der Waals surface area (Å²) in [5.74, 6) is -0.265. The lowest BCUT2D eigenvalue weighted by atomic mass is 9.87. The van der Waals surface area contributed by atoms with E-state index in [4.69, 9.17) is 4.74 Å². The van der Waals surface area contributed by atoms with Crippen molar-refractivity contribution in [3.63, 3.8) is 0 Å². The lowest BCUT2D eigenvalue weighted by Gasteiger charge is -2.19. The molecule has 0 spiro atoms. The van der Waals surface area contributed by atoms with Gasteiger partial charge >= 0.3 is 0 Å².